The van der Waals surface area contributed by atoms with E-state index in [1.165, 1.54) is 11.0 Å². The first-order valence-electron chi connectivity index (χ1n) is 12.9. The lowest BCUT2D eigenvalue weighted by molar-refractivity contribution is -0.154. The summed E-state index contributed by atoms with van der Waals surface area (Å²) in [5, 5.41) is 10.5. The lowest BCUT2D eigenvalue weighted by Crippen LogP contribution is -2.47. The number of carbonyl (C=O) groups excluding carboxylic acids is 2. The smallest absolute Gasteiger partial charge is 0.329 e. The van der Waals surface area contributed by atoms with Crippen LogP contribution in [0.2, 0.25) is 0 Å². The molecule has 6 nitrogen and oxygen atoms in total. The summed E-state index contributed by atoms with van der Waals surface area (Å²) in [6, 6.07) is 8.93. The summed E-state index contributed by atoms with van der Waals surface area (Å²) >= 11 is 0. The Balaban J connectivity index is 2.87. The lowest BCUT2D eigenvalue weighted by Gasteiger charge is -2.31. The van der Waals surface area contributed by atoms with Gasteiger partial charge in [0.25, 0.3) is 0 Å². The summed E-state index contributed by atoms with van der Waals surface area (Å²) in [6.07, 6.45) is 9.68. The van der Waals surface area contributed by atoms with E-state index in [0.717, 1.165) is 17.6 Å². The van der Waals surface area contributed by atoms with Crippen molar-refractivity contribution in [2.45, 2.75) is 65.7 Å². The maximum Gasteiger partial charge on any atom is 0.329 e. The number of benzene rings is 1. The average Bonchev–Trinajstić information content (AvgIpc) is 2.91. The van der Waals surface area contributed by atoms with Gasteiger partial charge in [0.05, 0.1) is 12.2 Å². The Morgan fingerprint density at radius 2 is 1.81 bits per heavy atom. The first kappa shape index (κ1) is 32.1. The minimum Gasteiger partial charge on any atom is -0.460 e. The number of carbonyl (C=O) groups is 2. The second-order valence-electron chi connectivity index (χ2n) is 9.52. The second kappa shape index (κ2) is 16.7. The van der Waals surface area contributed by atoms with Crippen LogP contribution in [0.5, 0.6) is 0 Å². The molecule has 0 aliphatic rings. The van der Waals surface area contributed by atoms with E-state index >= 15 is 0 Å². The Bertz CT molecular complexity index is 950. The normalized spacial score (nSPS) is 16.5. The topological polar surface area (TPSA) is 76.1 Å². The second-order valence-corrected chi connectivity index (χ2v) is 9.52. The van der Waals surface area contributed by atoms with Crippen molar-refractivity contribution >= 4 is 11.9 Å². The summed E-state index contributed by atoms with van der Waals surface area (Å²) in [7, 11) is 3.28. The molecule has 0 saturated heterocycles. The number of likely N-dealkylation sites (N-methyl/N-ethyl adjacent to an activating group) is 1. The van der Waals surface area contributed by atoms with Crippen molar-refractivity contribution in [1.29, 1.82) is 0 Å². The number of hydrogen-bond donors (Lipinski definition) is 1. The first-order chi connectivity index (χ1) is 17.6. The fraction of sp³-hybridized carbons (Fsp3) is 0.484. The van der Waals surface area contributed by atoms with Crippen LogP contribution in [-0.4, -0.2) is 54.8 Å². The fourth-order valence-corrected chi connectivity index (χ4v) is 4.01. The monoisotopic (exact) mass is 511 g/mol. The molecule has 0 radical (unpaired) electrons. The van der Waals surface area contributed by atoms with Gasteiger partial charge in [0.1, 0.15) is 12.6 Å². The molecule has 0 unspecified atom stereocenters. The largest absolute Gasteiger partial charge is 0.460 e. The van der Waals surface area contributed by atoms with Crippen molar-refractivity contribution in [3.63, 3.8) is 0 Å². The zero-order chi connectivity index (χ0) is 28.0. The number of methoxy groups -OCH3 is 1. The Hall–Kier alpha value is -2.96. The van der Waals surface area contributed by atoms with Crippen LogP contribution >= 0.6 is 0 Å². The molecule has 0 aliphatic carbocycles. The van der Waals surface area contributed by atoms with E-state index in [4.69, 9.17) is 9.47 Å². The molecular weight excluding hydrogens is 466 g/mol. The number of nitrogens with zero attached hydrogens (tertiary/aromatic N) is 1. The van der Waals surface area contributed by atoms with Gasteiger partial charge in [-0.25, -0.2) is 4.79 Å². The van der Waals surface area contributed by atoms with E-state index in [9.17, 15) is 14.7 Å². The summed E-state index contributed by atoms with van der Waals surface area (Å²) in [5.74, 6) is -0.754. The van der Waals surface area contributed by atoms with Crippen LogP contribution in [0.3, 0.4) is 0 Å². The number of allylic oxidation sites excluding steroid dienone is 2. The molecule has 37 heavy (non-hydrogen) atoms. The van der Waals surface area contributed by atoms with Gasteiger partial charge in [-0.05, 0) is 37.3 Å². The highest BCUT2D eigenvalue weighted by Gasteiger charge is 2.32. The molecule has 6 heteroatoms. The number of rotatable bonds is 15. The van der Waals surface area contributed by atoms with Crippen LogP contribution in [0.15, 0.2) is 78.4 Å². The molecule has 0 aliphatic heterocycles. The third-order valence-electron chi connectivity index (χ3n) is 6.69. The van der Waals surface area contributed by atoms with E-state index in [1.54, 1.807) is 21.1 Å². The zero-order valence-corrected chi connectivity index (χ0v) is 23.5. The van der Waals surface area contributed by atoms with Gasteiger partial charge in [-0.15, -0.1) is 0 Å². The quantitative estimate of drug-likeness (QED) is 0.139. The van der Waals surface area contributed by atoms with Crippen molar-refractivity contribution in [2.75, 3.05) is 20.8 Å². The number of ether oxygens (including phenoxy) is 2. The van der Waals surface area contributed by atoms with Crippen LogP contribution in [0.25, 0.3) is 0 Å². The highest BCUT2D eigenvalue weighted by Crippen LogP contribution is 2.23. The molecule has 5 atom stereocenters. The van der Waals surface area contributed by atoms with Gasteiger partial charge in [0, 0.05) is 25.6 Å². The highest BCUT2D eigenvalue weighted by molar-refractivity contribution is 5.95. The highest BCUT2D eigenvalue weighted by atomic mass is 16.5. The van der Waals surface area contributed by atoms with Gasteiger partial charge in [-0.3, -0.25) is 4.79 Å². The summed E-state index contributed by atoms with van der Waals surface area (Å²) in [4.78, 5) is 27.2. The molecule has 0 fully saturated rings. The van der Waals surface area contributed by atoms with Gasteiger partial charge in [0.2, 0.25) is 5.91 Å². The summed E-state index contributed by atoms with van der Waals surface area (Å²) in [5.41, 5.74) is 2.42. The maximum atomic E-state index is 13.1. The van der Waals surface area contributed by atoms with Crippen LogP contribution in [0.4, 0.5) is 0 Å². The van der Waals surface area contributed by atoms with Crippen LogP contribution in [-0.2, 0) is 19.1 Å². The zero-order valence-electron chi connectivity index (χ0n) is 23.5. The maximum absolute atomic E-state index is 13.1. The molecule has 0 heterocycles. The van der Waals surface area contributed by atoms with Crippen LogP contribution in [0, 0.1) is 11.8 Å². The summed E-state index contributed by atoms with van der Waals surface area (Å²) in [6.45, 7) is 13.3. The molecule has 1 aromatic rings. The van der Waals surface area contributed by atoms with Crippen molar-refractivity contribution in [2.24, 2.45) is 11.8 Å². The van der Waals surface area contributed by atoms with Crippen molar-refractivity contribution < 1.29 is 24.2 Å². The number of amides is 1. The van der Waals surface area contributed by atoms with Gasteiger partial charge >= 0.3 is 5.97 Å². The average molecular weight is 512 g/mol. The summed E-state index contributed by atoms with van der Waals surface area (Å²) < 4.78 is 10.9. The molecular formula is C31H45NO5. The molecule has 0 aromatic heterocycles. The van der Waals surface area contributed by atoms with Crippen molar-refractivity contribution in [3.05, 3.63) is 84.0 Å². The van der Waals surface area contributed by atoms with Gasteiger partial charge in [-0.1, -0.05) is 94.5 Å². The Morgan fingerprint density at radius 3 is 2.38 bits per heavy atom. The van der Waals surface area contributed by atoms with Crippen LogP contribution in [0.1, 0.15) is 59.1 Å². The predicted octanol–water partition coefficient (Wildman–Crippen LogP) is 5.81. The Morgan fingerprint density at radius 1 is 1.16 bits per heavy atom. The van der Waals surface area contributed by atoms with Gasteiger partial charge < -0.3 is 19.5 Å². The Kier molecular flexibility index (Phi) is 14.5. The van der Waals surface area contributed by atoms with Crippen LogP contribution < -0.4 is 0 Å². The van der Waals surface area contributed by atoms with Gasteiger partial charge in [-0.2, -0.15) is 0 Å². The Labute approximate surface area is 223 Å². The number of esters is 1. The third kappa shape index (κ3) is 10.1. The molecule has 0 saturated carbocycles. The van der Waals surface area contributed by atoms with E-state index in [0.29, 0.717) is 12.0 Å². The minimum atomic E-state index is -0.668. The van der Waals surface area contributed by atoms with Crippen molar-refractivity contribution in [3.8, 4) is 0 Å². The van der Waals surface area contributed by atoms with E-state index in [-0.39, 0.29) is 30.5 Å². The first-order valence-corrected chi connectivity index (χ1v) is 12.9. The van der Waals surface area contributed by atoms with Crippen molar-refractivity contribution in [1.82, 2.24) is 4.90 Å². The molecule has 0 bridgehead atoms. The predicted molar refractivity (Wildman–Crippen MR) is 150 cm³/mol. The molecule has 204 valence electrons. The molecule has 1 N–H and O–H groups in total. The molecule has 1 rings (SSSR count). The minimum absolute atomic E-state index is 0.0504. The number of aliphatic hydroxyl groups is 1. The standard InChI is InChI=1S/C31H45NO5/c1-9-21-37-31(35)28(22(3)10-2)32(7)30(34)25(6)19-20-27(36-8)23(4)15-14-16-24(5)29(33)26-17-12-11-13-18-26/h9,11-19,22,24,27-29,33H,1,10,20-21H2,2-8H3/b16-14+,23-15+,25-19+/t22-,24+,27+,28-,29-/m0/s1. The van der Waals surface area contributed by atoms with E-state index in [1.807, 2.05) is 82.3 Å². The molecule has 1 aromatic carbocycles. The van der Waals surface area contributed by atoms with Gasteiger partial charge in [0.15, 0.2) is 0 Å². The third-order valence-corrected chi connectivity index (χ3v) is 6.69. The SMILES string of the molecule is C=CCOC(=O)[C@H]([C@@H](C)CC)N(C)C(=O)/C(C)=C/C[C@@H](OC)/C(C)=C/C=C/[C@@H](C)[C@H](O)c1ccccc1. The number of hydrogen-bond acceptors (Lipinski definition) is 5. The fourth-order valence-electron chi connectivity index (χ4n) is 4.01. The van der Waals surface area contributed by atoms with E-state index < -0.39 is 18.1 Å². The molecule has 1 amide bonds. The lowest BCUT2D eigenvalue weighted by atomic mass is 9.96. The molecule has 0 spiro atoms. The van der Waals surface area contributed by atoms with E-state index in [2.05, 4.69) is 6.58 Å². The number of aliphatic hydroxyl groups excluding tert-OH is 1.